The van der Waals surface area contributed by atoms with Gasteiger partial charge in [-0.1, -0.05) is 52.3 Å². The summed E-state index contributed by atoms with van der Waals surface area (Å²) in [6, 6.07) is 23.3. The Labute approximate surface area is 248 Å². The van der Waals surface area contributed by atoms with Gasteiger partial charge in [-0.3, -0.25) is 4.79 Å². The molecule has 0 aliphatic heterocycles. The number of sulfonamides is 1. The number of carbonyl (C=O) groups excluding carboxylic acids is 1. The number of hydrazone groups is 1. The second-order valence-electron chi connectivity index (χ2n) is 9.21. The SMILES string of the molecule is COc1ccc(S(=O)(=O)N(CC(=O)N/N=C/c2cc(C)n(-c3cccc(Br)c3)c2C)Cc2ccccc2)cc1OC. The molecule has 0 fully saturated rings. The van der Waals surface area contributed by atoms with Crippen LogP contribution >= 0.6 is 15.9 Å². The van der Waals surface area contributed by atoms with Crippen molar-refractivity contribution in [3.8, 4) is 17.2 Å². The molecule has 0 atom stereocenters. The van der Waals surface area contributed by atoms with Crippen LogP contribution in [0.5, 0.6) is 11.5 Å². The van der Waals surface area contributed by atoms with Gasteiger partial charge >= 0.3 is 0 Å². The number of amides is 1. The lowest BCUT2D eigenvalue weighted by Gasteiger charge is -2.22. The molecule has 1 amide bonds. The number of nitrogens with zero attached hydrogens (tertiary/aromatic N) is 3. The molecule has 0 aliphatic rings. The maximum absolute atomic E-state index is 13.7. The van der Waals surface area contributed by atoms with Crippen molar-refractivity contribution in [2.45, 2.75) is 25.3 Å². The van der Waals surface area contributed by atoms with Crippen LogP contribution in [0.25, 0.3) is 5.69 Å². The first-order chi connectivity index (χ1) is 19.6. The minimum absolute atomic E-state index is 0.0115. The minimum Gasteiger partial charge on any atom is -0.493 e. The fraction of sp³-hybridized carbons (Fsp3) is 0.200. The van der Waals surface area contributed by atoms with Gasteiger partial charge < -0.3 is 14.0 Å². The van der Waals surface area contributed by atoms with E-state index in [4.69, 9.17) is 9.47 Å². The number of hydrogen-bond acceptors (Lipinski definition) is 6. The van der Waals surface area contributed by atoms with Crippen molar-refractivity contribution in [2.75, 3.05) is 20.8 Å². The zero-order valence-corrected chi connectivity index (χ0v) is 25.6. The highest BCUT2D eigenvalue weighted by molar-refractivity contribution is 9.10. The molecule has 1 heterocycles. The van der Waals surface area contributed by atoms with Crippen LogP contribution in [-0.4, -0.2) is 50.2 Å². The highest BCUT2D eigenvalue weighted by atomic mass is 79.9. The number of methoxy groups -OCH3 is 2. The van der Waals surface area contributed by atoms with Crippen molar-refractivity contribution < 1.29 is 22.7 Å². The largest absolute Gasteiger partial charge is 0.493 e. The number of halogens is 1. The molecule has 0 unspecified atom stereocenters. The number of benzene rings is 3. The summed E-state index contributed by atoms with van der Waals surface area (Å²) in [5, 5.41) is 4.13. The van der Waals surface area contributed by atoms with Gasteiger partial charge in [0.15, 0.2) is 11.5 Å². The van der Waals surface area contributed by atoms with Crippen LogP contribution in [-0.2, 0) is 21.4 Å². The summed E-state index contributed by atoms with van der Waals surface area (Å²) >= 11 is 3.51. The van der Waals surface area contributed by atoms with E-state index in [1.807, 2.05) is 62.4 Å². The molecule has 11 heteroatoms. The van der Waals surface area contributed by atoms with Crippen LogP contribution in [0.3, 0.4) is 0 Å². The van der Waals surface area contributed by atoms with Gasteiger partial charge in [0, 0.05) is 39.7 Å². The molecule has 3 aromatic carbocycles. The molecule has 0 radical (unpaired) electrons. The summed E-state index contributed by atoms with van der Waals surface area (Å²) in [5.41, 5.74) is 6.97. The molecule has 41 heavy (non-hydrogen) atoms. The number of rotatable bonds is 11. The second kappa shape index (κ2) is 13.2. The van der Waals surface area contributed by atoms with Crippen LogP contribution in [0, 0.1) is 13.8 Å². The van der Waals surface area contributed by atoms with Crippen molar-refractivity contribution in [2.24, 2.45) is 5.10 Å². The first-order valence-corrected chi connectivity index (χ1v) is 14.9. The normalized spacial score (nSPS) is 11.7. The maximum atomic E-state index is 13.7. The second-order valence-corrected chi connectivity index (χ2v) is 12.1. The predicted molar refractivity (Wildman–Crippen MR) is 162 cm³/mol. The van der Waals surface area contributed by atoms with Crippen molar-refractivity contribution in [3.63, 3.8) is 0 Å². The fourth-order valence-electron chi connectivity index (χ4n) is 4.44. The average Bonchev–Trinajstić information content (AvgIpc) is 3.25. The Kier molecular flexibility index (Phi) is 9.64. The number of ether oxygens (including phenoxy) is 2. The topological polar surface area (TPSA) is 102 Å². The molecule has 1 N–H and O–H groups in total. The van der Waals surface area contributed by atoms with Crippen molar-refractivity contribution in [1.82, 2.24) is 14.3 Å². The van der Waals surface area contributed by atoms with Gasteiger partial charge in [0.25, 0.3) is 5.91 Å². The molecule has 0 bridgehead atoms. The summed E-state index contributed by atoms with van der Waals surface area (Å²) in [4.78, 5) is 12.9. The van der Waals surface area contributed by atoms with E-state index in [1.165, 1.54) is 32.4 Å². The lowest BCUT2D eigenvalue weighted by molar-refractivity contribution is -0.121. The lowest BCUT2D eigenvalue weighted by atomic mass is 10.2. The summed E-state index contributed by atoms with van der Waals surface area (Å²) in [6.45, 7) is 3.50. The van der Waals surface area contributed by atoms with E-state index in [0.29, 0.717) is 5.75 Å². The van der Waals surface area contributed by atoms with E-state index in [0.717, 1.165) is 37.0 Å². The Balaban J connectivity index is 1.55. The Morgan fingerprint density at radius 3 is 2.39 bits per heavy atom. The average molecular weight is 640 g/mol. The number of carbonyl (C=O) groups is 1. The summed E-state index contributed by atoms with van der Waals surface area (Å²) in [5.74, 6) is 0.0807. The van der Waals surface area contributed by atoms with Crippen molar-refractivity contribution >= 4 is 38.1 Å². The van der Waals surface area contributed by atoms with Crippen molar-refractivity contribution in [3.05, 3.63) is 106 Å². The monoisotopic (exact) mass is 638 g/mol. The summed E-state index contributed by atoms with van der Waals surface area (Å²) in [7, 11) is -1.20. The molecule has 214 valence electrons. The molecular formula is C30H31BrN4O5S. The highest BCUT2D eigenvalue weighted by Crippen LogP contribution is 2.31. The molecule has 4 aromatic rings. The third kappa shape index (κ3) is 7.05. The molecule has 1 aromatic heterocycles. The van der Waals surface area contributed by atoms with Gasteiger partial charge in [-0.2, -0.15) is 9.41 Å². The Bertz CT molecular complexity index is 1670. The fourth-order valence-corrected chi connectivity index (χ4v) is 6.23. The molecule has 0 spiro atoms. The lowest BCUT2D eigenvalue weighted by Crippen LogP contribution is -2.39. The maximum Gasteiger partial charge on any atom is 0.255 e. The molecule has 0 saturated carbocycles. The number of nitrogens with one attached hydrogen (secondary N) is 1. The third-order valence-corrected chi connectivity index (χ3v) is 8.72. The number of hydrogen-bond donors (Lipinski definition) is 1. The van der Waals surface area contributed by atoms with Crippen LogP contribution in [0.2, 0.25) is 0 Å². The molecule has 0 aliphatic carbocycles. The van der Waals surface area contributed by atoms with E-state index in [2.05, 4.69) is 31.0 Å². The number of aromatic nitrogens is 1. The van der Waals surface area contributed by atoms with Crippen LogP contribution in [0.15, 0.2) is 93.3 Å². The molecule has 4 rings (SSSR count). The van der Waals surface area contributed by atoms with Crippen molar-refractivity contribution in [1.29, 1.82) is 0 Å². The van der Waals surface area contributed by atoms with E-state index >= 15 is 0 Å². The van der Waals surface area contributed by atoms with E-state index in [-0.39, 0.29) is 17.2 Å². The zero-order valence-electron chi connectivity index (χ0n) is 23.2. The Morgan fingerprint density at radius 2 is 1.71 bits per heavy atom. The molecule has 9 nitrogen and oxygen atoms in total. The van der Waals surface area contributed by atoms with Gasteiger partial charge in [-0.05, 0) is 55.8 Å². The Morgan fingerprint density at radius 1 is 0.976 bits per heavy atom. The zero-order chi connectivity index (χ0) is 29.6. The molecular weight excluding hydrogens is 608 g/mol. The van der Waals surface area contributed by atoms with Gasteiger partial charge in [-0.25, -0.2) is 13.8 Å². The van der Waals surface area contributed by atoms with Gasteiger partial charge in [0.05, 0.1) is 31.9 Å². The first-order valence-electron chi connectivity index (χ1n) is 12.7. The summed E-state index contributed by atoms with van der Waals surface area (Å²) in [6.07, 6.45) is 1.55. The smallest absolute Gasteiger partial charge is 0.255 e. The van der Waals surface area contributed by atoms with Crippen LogP contribution in [0.1, 0.15) is 22.5 Å². The summed E-state index contributed by atoms with van der Waals surface area (Å²) < 4.78 is 42.1. The van der Waals surface area contributed by atoms with Crippen LogP contribution in [0.4, 0.5) is 0 Å². The Hall–Kier alpha value is -3.93. The highest BCUT2D eigenvalue weighted by Gasteiger charge is 2.28. The van der Waals surface area contributed by atoms with E-state index in [1.54, 1.807) is 18.3 Å². The molecule has 0 saturated heterocycles. The van der Waals surface area contributed by atoms with Gasteiger partial charge in [-0.15, -0.1) is 0 Å². The van der Waals surface area contributed by atoms with E-state index in [9.17, 15) is 13.2 Å². The van der Waals surface area contributed by atoms with E-state index < -0.39 is 22.5 Å². The predicted octanol–water partition coefficient (Wildman–Crippen LogP) is 5.22. The standard InChI is InChI=1S/C30H31BrN4O5S/c1-21-15-24(22(2)35(21)26-12-8-11-25(31)16-26)18-32-33-30(36)20-34(19-23-9-6-5-7-10-23)41(37,38)27-13-14-28(39-3)29(17-27)40-4/h5-18H,19-20H2,1-4H3,(H,33,36)/b32-18+. The van der Waals surface area contributed by atoms with Gasteiger partial charge in [0.1, 0.15) is 0 Å². The first kappa shape index (κ1) is 30.0. The number of aryl methyl sites for hydroxylation is 1. The van der Waals surface area contributed by atoms with Crippen LogP contribution < -0.4 is 14.9 Å². The quantitative estimate of drug-likeness (QED) is 0.179. The van der Waals surface area contributed by atoms with Gasteiger partial charge in [0.2, 0.25) is 10.0 Å². The third-order valence-electron chi connectivity index (χ3n) is 6.44. The minimum atomic E-state index is -4.09.